The van der Waals surface area contributed by atoms with E-state index in [9.17, 15) is 4.79 Å². The molecule has 3 heterocycles. The minimum atomic E-state index is -0.620. The number of hydrogen-bond donors (Lipinski definition) is 1. The van der Waals surface area contributed by atoms with Crippen LogP contribution in [0.2, 0.25) is 10.3 Å². The Bertz CT molecular complexity index is 1180. The summed E-state index contributed by atoms with van der Waals surface area (Å²) >= 11 is 14.4. The summed E-state index contributed by atoms with van der Waals surface area (Å²) in [4.78, 5) is 26.3. The maximum atomic E-state index is 12.1. The Balaban J connectivity index is 1.80. The standard InChI is InChI=1S/C23H22Cl2N4O3S/c1-3-11-32-22(30)28-15-6-4-5-14(17(15)24)18-19(16-7-10-26-21(25)27-16)33-20(29-18)23(2)8-12-31-13-9-23/h3-7,10H,1,8-9,11-13H2,2H3,(H,28,30). The summed E-state index contributed by atoms with van der Waals surface area (Å²) < 4.78 is 10.6. The van der Waals surface area contributed by atoms with Crippen molar-refractivity contribution in [1.29, 1.82) is 0 Å². The van der Waals surface area contributed by atoms with Crippen LogP contribution in [0, 0.1) is 0 Å². The Labute approximate surface area is 205 Å². The van der Waals surface area contributed by atoms with Crippen molar-refractivity contribution in [3.8, 4) is 21.8 Å². The van der Waals surface area contributed by atoms with E-state index in [4.69, 9.17) is 37.7 Å². The summed E-state index contributed by atoms with van der Waals surface area (Å²) in [6.07, 6.45) is 4.22. The number of halogens is 2. The molecule has 1 amide bonds. The number of carbonyl (C=O) groups excluding carboxylic acids is 1. The molecule has 4 rings (SSSR count). The lowest BCUT2D eigenvalue weighted by atomic mass is 9.83. The van der Waals surface area contributed by atoms with E-state index in [0.717, 1.165) is 22.7 Å². The van der Waals surface area contributed by atoms with Crippen molar-refractivity contribution in [3.05, 3.63) is 58.4 Å². The minimum absolute atomic E-state index is 0.0967. The van der Waals surface area contributed by atoms with Crippen LogP contribution in [0.15, 0.2) is 43.1 Å². The van der Waals surface area contributed by atoms with Crippen LogP contribution in [0.25, 0.3) is 21.8 Å². The number of carbonyl (C=O) groups is 1. The molecule has 0 bridgehead atoms. The SMILES string of the molecule is C=CCOC(=O)Nc1cccc(-c2nc(C3(C)CCOCC3)sc2-c2ccnc(Cl)n2)c1Cl. The van der Waals surface area contributed by atoms with Crippen molar-refractivity contribution >= 4 is 46.3 Å². The highest BCUT2D eigenvalue weighted by atomic mass is 35.5. The van der Waals surface area contributed by atoms with Crippen molar-refractivity contribution in [2.75, 3.05) is 25.1 Å². The molecule has 1 N–H and O–H groups in total. The molecule has 0 aliphatic carbocycles. The minimum Gasteiger partial charge on any atom is -0.445 e. The van der Waals surface area contributed by atoms with Gasteiger partial charge in [-0.25, -0.2) is 19.7 Å². The van der Waals surface area contributed by atoms with E-state index in [1.165, 1.54) is 6.08 Å². The van der Waals surface area contributed by atoms with Crippen LogP contribution in [0.1, 0.15) is 24.8 Å². The third-order valence-corrected chi connectivity index (χ3v) is 7.39. The zero-order valence-electron chi connectivity index (χ0n) is 17.9. The predicted molar refractivity (Wildman–Crippen MR) is 131 cm³/mol. The smallest absolute Gasteiger partial charge is 0.411 e. The van der Waals surface area contributed by atoms with Crippen LogP contribution in [-0.2, 0) is 14.9 Å². The number of benzene rings is 1. The highest BCUT2D eigenvalue weighted by Gasteiger charge is 2.34. The summed E-state index contributed by atoms with van der Waals surface area (Å²) in [5, 5.41) is 4.15. The van der Waals surface area contributed by atoms with Gasteiger partial charge < -0.3 is 9.47 Å². The van der Waals surface area contributed by atoms with Crippen molar-refractivity contribution < 1.29 is 14.3 Å². The van der Waals surface area contributed by atoms with Gasteiger partial charge in [0.15, 0.2) is 0 Å². The molecule has 1 aromatic carbocycles. The van der Waals surface area contributed by atoms with E-state index in [2.05, 4.69) is 28.8 Å². The Morgan fingerprint density at radius 3 is 2.82 bits per heavy atom. The Morgan fingerprint density at radius 1 is 1.30 bits per heavy atom. The molecule has 3 aromatic rings. The predicted octanol–water partition coefficient (Wildman–Crippen LogP) is 6.38. The van der Waals surface area contributed by atoms with Gasteiger partial charge in [-0.1, -0.05) is 43.3 Å². The van der Waals surface area contributed by atoms with E-state index < -0.39 is 6.09 Å². The number of rotatable bonds is 6. The summed E-state index contributed by atoms with van der Waals surface area (Å²) in [6, 6.07) is 7.16. The lowest BCUT2D eigenvalue weighted by molar-refractivity contribution is 0.0564. The third-order valence-electron chi connectivity index (χ3n) is 5.42. The summed E-state index contributed by atoms with van der Waals surface area (Å²) in [5.74, 6) is 0. The highest BCUT2D eigenvalue weighted by molar-refractivity contribution is 7.15. The Morgan fingerprint density at radius 2 is 2.09 bits per heavy atom. The van der Waals surface area contributed by atoms with Crippen LogP contribution in [-0.4, -0.2) is 40.9 Å². The molecule has 0 spiro atoms. The zero-order valence-corrected chi connectivity index (χ0v) is 20.3. The van der Waals surface area contributed by atoms with Crippen LogP contribution in [0.3, 0.4) is 0 Å². The fourth-order valence-electron chi connectivity index (χ4n) is 3.52. The second-order valence-electron chi connectivity index (χ2n) is 7.76. The molecule has 0 atom stereocenters. The van der Waals surface area contributed by atoms with Crippen molar-refractivity contribution in [3.63, 3.8) is 0 Å². The number of anilines is 1. The largest absolute Gasteiger partial charge is 0.445 e. The quantitative estimate of drug-likeness (QED) is 0.309. The van der Waals surface area contributed by atoms with Crippen molar-refractivity contribution in [2.24, 2.45) is 0 Å². The molecular formula is C23H22Cl2N4O3S. The fraction of sp³-hybridized carbons (Fsp3) is 0.304. The number of nitrogens with one attached hydrogen (secondary N) is 1. The fourth-order valence-corrected chi connectivity index (χ4v) is 5.19. The molecule has 2 aromatic heterocycles. The first-order valence-electron chi connectivity index (χ1n) is 10.3. The highest BCUT2D eigenvalue weighted by Crippen LogP contribution is 2.46. The molecule has 1 aliphatic rings. The van der Waals surface area contributed by atoms with Gasteiger partial charge in [-0.2, -0.15) is 0 Å². The number of amides is 1. The second kappa shape index (κ2) is 10.2. The molecule has 33 heavy (non-hydrogen) atoms. The maximum Gasteiger partial charge on any atom is 0.411 e. The summed E-state index contributed by atoms with van der Waals surface area (Å²) in [5.41, 5.74) is 2.29. The molecule has 1 saturated heterocycles. The van der Waals surface area contributed by atoms with E-state index in [0.29, 0.717) is 40.9 Å². The topological polar surface area (TPSA) is 86.2 Å². The Kier molecular flexibility index (Phi) is 7.29. The first-order valence-corrected chi connectivity index (χ1v) is 11.9. The first-order chi connectivity index (χ1) is 15.9. The number of thiazole rings is 1. The molecule has 1 fully saturated rings. The normalized spacial score (nSPS) is 15.1. The average Bonchev–Trinajstić information content (AvgIpc) is 3.26. The van der Waals surface area contributed by atoms with Crippen molar-refractivity contribution in [2.45, 2.75) is 25.2 Å². The van der Waals surface area contributed by atoms with Gasteiger partial charge >= 0.3 is 6.09 Å². The van der Waals surface area contributed by atoms with Crippen LogP contribution >= 0.6 is 34.5 Å². The maximum absolute atomic E-state index is 12.1. The van der Waals surface area contributed by atoms with E-state index >= 15 is 0 Å². The number of ether oxygens (including phenoxy) is 2. The lowest BCUT2D eigenvalue weighted by Crippen LogP contribution is -2.30. The molecule has 1 aliphatic heterocycles. The monoisotopic (exact) mass is 504 g/mol. The number of hydrogen-bond acceptors (Lipinski definition) is 7. The van der Waals surface area contributed by atoms with Gasteiger partial charge in [0.05, 0.1) is 32.0 Å². The summed E-state index contributed by atoms with van der Waals surface area (Å²) in [7, 11) is 0. The number of nitrogens with zero attached hydrogens (tertiary/aromatic N) is 3. The Hall–Kier alpha value is -2.52. The molecular weight excluding hydrogens is 483 g/mol. The second-order valence-corrected chi connectivity index (χ2v) is 9.48. The van der Waals surface area contributed by atoms with E-state index in [1.54, 1.807) is 35.7 Å². The van der Waals surface area contributed by atoms with Crippen LogP contribution in [0.5, 0.6) is 0 Å². The molecule has 0 saturated carbocycles. The molecule has 172 valence electrons. The number of aromatic nitrogens is 3. The van der Waals surface area contributed by atoms with Gasteiger partial charge in [-0.15, -0.1) is 11.3 Å². The van der Waals surface area contributed by atoms with Gasteiger partial charge in [-0.05, 0) is 36.6 Å². The van der Waals surface area contributed by atoms with Gasteiger partial charge in [-0.3, -0.25) is 5.32 Å². The zero-order chi connectivity index (χ0) is 23.4. The average molecular weight is 505 g/mol. The molecule has 0 unspecified atom stereocenters. The van der Waals surface area contributed by atoms with Crippen molar-refractivity contribution in [1.82, 2.24) is 15.0 Å². The van der Waals surface area contributed by atoms with Gasteiger partial charge in [0.25, 0.3) is 0 Å². The first kappa shape index (κ1) is 23.6. The molecule has 10 heteroatoms. The van der Waals surface area contributed by atoms with Gasteiger partial charge in [0.1, 0.15) is 6.61 Å². The van der Waals surface area contributed by atoms with E-state index in [-0.39, 0.29) is 17.3 Å². The van der Waals surface area contributed by atoms with Gasteiger partial charge in [0.2, 0.25) is 5.28 Å². The molecule has 0 radical (unpaired) electrons. The van der Waals surface area contributed by atoms with Crippen LogP contribution < -0.4 is 5.32 Å². The van der Waals surface area contributed by atoms with Gasteiger partial charge in [0, 0.05) is 30.4 Å². The molecule has 7 nitrogen and oxygen atoms in total. The third kappa shape index (κ3) is 5.19. The summed E-state index contributed by atoms with van der Waals surface area (Å²) in [6.45, 7) is 7.21. The van der Waals surface area contributed by atoms with Crippen LogP contribution in [0.4, 0.5) is 10.5 Å². The lowest BCUT2D eigenvalue weighted by Gasteiger charge is -2.31. The van der Waals surface area contributed by atoms with E-state index in [1.807, 2.05) is 6.07 Å².